The average Bonchev–Trinajstić information content (AvgIpc) is 2.04. The Hall–Kier alpha value is -0.220. The Kier molecular flexibility index (Phi) is 1.22. The van der Waals surface area contributed by atoms with Crippen molar-refractivity contribution < 1.29 is 8.78 Å². The predicted molar refractivity (Wildman–Crippen MR) is 33.1 cm³/mol. The van der Waals surface area contributed by atoms with Gasteiger partial charge in [-0.05, 0) is 0 Å². The van der Waals surface area contributed by atoms with E-state index in [-0.39, 0.29) is 12.5 Å². The van der Waals surface area contributed by atoms with Crippen LogP contribution in [0.1, 0.15) is 6.42 Å². The van der Waals surface area contributed by atoms with Crippen molar-refractivity contribution in [3.05, 3.63) is 0 Å². The molecule has 2 rings (SSSR count). The van der Waals surface area contributed by atoms with Crippen molar-refractivity contribution in [3.63, 3.8) is 0 Å². The van der Waals surface area contributed by atoms with Crippen LogP contribution in [0.15, 0.2) is 0 Å². The maximum Gasteiger partial charge on any atom is 0.265 e. The van der Waals surface area contributed by atoms with Crippen molar-refractivity contribution in [1.29, 1.82) is 0 Å². The smallest absolute Gasteiger partial charge is 0.265 e. The fourth-order valence-corrected chi connectivity index (χ4v) is 1.68. The molecule has 0 aromatic rings. The van der Waals surface area contributed by atoms with Gasteiger partial charge in [0.05, 0.1) is 6.04 Å². The van der Waals surface area contributed by atoms with Crippen LogP contribution in [-0.2, 0) is 0 Å². The van der Waals surface area contributed by atoms with E-state index in [1.54, 1.807) is 0 Å². The van der Waals surface area contributed by atoms with E-state index in [9.17, 15) is 8.78 Å². The summed E-state index contributed by atoms with van der Waals surface area (Å²) in [6, 6.07) is -0.625. The number of alkyl halides is 2. The minimum Gasteiger partial charge on any atom is -0.313 e. The fraction of sp³-hybridized carbons (Fsp3) is 1.00. The van der Waals surface area contributed by atoms with Crippen molar-refractivity contribution in [2.45, 2.75) is 24.4 Å². The van der Waals surface area contributed by atoms with Crippen LogP contribution in [0.3, 0.4) is 0 Å². The predicted octanol–water partition coefficient (Wildman–Crippen LogP) is -0.0446. The topological polar surface area (TPSA) is 24.1 Å². The lowest BCUT2D eigenvalue weighted by molar-refractivity contribution is -0.00842. The maximum absolute atomic E-state index is 12.8. The average molecular weight is 148 g/mol. The van der Waals surface area contributed by atoms with Crippen LogP contribution in [0.4, 0.5) is 8.78 Å². The summed E-state index contributed by atoms with van der Waals surface area (Å²) in [6.07, 6.45) is 0.00463. The highest BCUT2D eigenvalue weighted by molar-refractivity contribution is 5.01. The van der Waals surface area contributed by atoms with E-state index >= 15 is 0 Å². The Morgan fingerprint density at radius 3 is 2.70 bits per heavy atom. The van der Waals surface area contributed by atoms with Crippen LogP contribution in [0.25, 0.3) is 0 Å². The molecule has 2 heterocycles. The van der Waals surface area contributed by atoms with Gasteiger partial charge in [-0.1, -0.05) is 0 Å². The zero-order valence-corrected chi connectivity index (χ0v) is 5.53. The molecule has 0 spiro atoms. The molecule has 0 amide bonds. The summed E-state index contributed by atoms with van der Waals surface area (Å²) in [5, 5.41) is 5.83. The zero-order chi connectivity index (χ0) is 7.19. The van der Waals surface area contributed by atoms with Gasteiger partial charge in [-0.3, -0.25) is 0 Å². The van der Waals surface area contributed by atoms with Gasteiger partial charge < -0.3 is 10.6 Å². The molecule has 58 valence electrons. The lowest BCUT2D eigenvalue weighted by Crippen LogP contribution is -2.51. The number of hydrogen-bond donors (Lipinski definition) is 2. The lowest BCUT2D eigenvalue weighted by atomic mass is 10.1. The second kappa shape index (κ2) is 1.89. The number of rotatable bonds is 0. The van der Waals surface area contributed by atoms with Crippen molar-refractivity contribution in [3.8, 4) is 0 Å². The summed E-state index contributed by atoms with van der Waals surface area (Å²) in [6.45, 7) is 1.09. The van der Waals surface area contributed by atoms with Crippen molar-refractivity contribution >= 4 is 0 Å². The van der Waals surface area contributed by atoms with E-state index in [1.165, 1.54) is 0 Å². The van der Waals surface area contributed by atoms with Gasteiger partial charge in [0.15, 0.2) is 0 Å². The normalized spacial score (nSPS) is 43.8. The molecule has 0 aliphatic carbocycles. The second-order valence-corrected chi connectivity index (χ2v) is 3.04. The first-order valence-electron chi connectivity index (χ1n) is 3.53. The molecule has 4 heteroatoms. The standard InChI is InChI=1S/C6H10F2N2/c7-6(8)1-4-2-9-3-5(6)10-4/h4-5,9-10H,1-3H2. The monoisotopic (exact) mass is 148 g/mol. The lowest BCUT2D eigenvalue weighted by Gasteiger charge is -2.22. The molecule has 0 saturated carbocycles. The highest BCUT2D eigenvalue weighted by Crippen LogP contribution is 2.32. The molecule has 2 unspecified atom stereocenters. The van der Waals surface area contributed by atoms with Gasteiger partial charge in [-0.2, -0.15) is 0 Å². The third kappa shape index (κ3) is 0.828. The molecular weight excluding hydrogens is 138 g/mol. The molecule has 2 fully saturated rings. The van der Waals surface area contributed by atoms with Crippen molar-refractivity contribution in [1.82, 2.24) is 10.6 Å². The Labute approximate surface area is 58.0 Å². The molecule has 2 atom stereocenters. The Morgan fingerprint density at radius 1 is 1.30 bits per heavy atom. The van der Waals surface area contributed by atoms with Crippen LogP contribution < -0.4 is 10.6 Å². The molecule has 2 bridgehead atoms. The number of fused-ring (bicyclic) bond motifs is 2. The molecule has 0 radical (unpaired) electrons. The van der Waals surface area contributed by atoms with Gasteiger partial charge in [0, 0.05) is 25.6 Å². The van der Waals surface area contributed by atoms with Gasteiger partial charge in [0.2, 0.25) is 0 Å². The first-order chi connectivity index (χ1) is 4.68. The number of nitrogens with one attached hydrogen (secondary N) is 2. The van der Waals surface area contributed by atoms with Gasteiger partial charge in [-0.15, -0.1) is 0 Å². The Morgan fingerprint density at radius 2 is 2.10 bits per heavy atom. The molecule has 0 aromatic heterocycles. The minimum absolute atomic E-state index is 0.00463. The first kappa shape index (κ1) is 6.49. The van der Waals surface area contributed by atoms with Crippen LogP contribution in [0.5, 0.6) is 0 Å². The van der Waals surface area contributed by atoms with Crippen molar-refractivity contribution in [2.24, 2.45) is 0 Å². The highest BCUT2D eigenvalue weighted by Gasteiger charge is 2.49. The van der Waals surface area contributed by atoms with Gasteiger partial charge in [-0.25, -0.2) is 8.78 Å². The van der Waals surface area contributed by atoms with Crippen LogP contribution in [0, 0.1) is 0 Å². The molecule has 2 aliphatic heterocycles. The Balaban J connectivity index is 2.15. The third-order valence-corrected chi connectivity index (χ3v) is 2.20. The fourth-order valence-electron chi connectivity index (χ4n) is 1.68. The van der Waals surface area contributed by atoms with Gasteiger partial charge >= 0.3 is 0 Å². The van der Waals surface area contributed by atoms with Crippen LogP contribution >= 0.6 is 0 Å². The minimum atomic E-state index is -2.48. The van der Waals surface area contributed by atoms with Crippen molar-refractivity contribution in [2.75, 3.05) is 13.1 Å². The number of piperazine rings is 1. The SMILES string of the molecule is FC1(F)CC2CNCC1N2. The second-order valence-electron chi connectivity index (χ2n) is 3.04. The van der Waals surface area contributed by atoms with Gasteiger partial charge in [0.1, 0.15) is 0 Å². The van der Waals surface area contributed by atoms with Gasteiger partial charge in [0.25, 0.3) is 5.92 Å². The summed E-state index contributed by atoms with van der Waals surface area (Å²) in [5.41, 5.74) is 0. The molecule has 2 saturated heterocycles. The highest BCUT2D eigenvalue weighted by atomic mass is 19.3. The third-order valence-electron chi connectivity index (χ3n) is 2.20. The molecular formula is C6H10F2N2. The zero-order valence-electron chi connectivity index (χ0n) is 5.53. The summed E-state index contributed by atoms with van der Waals surface area (Å²) in [5.74, 6) is -2.48. The van der Waals surface area contributed by atoms with E-state index in [0.29, 0.717) is 13.1 Å². The molecule has 2 N–H and O–H groups in total. The van der Waals surface area contributed by atoms with E-state index in [4.69, 9.17) is 0 Å². The van der Waals surface area contributed by atoms with E-state index in [0.717, 1.165) is 0 Å². The molecule has 0 aromatic carbocycles. The van der Waals surface area contributed by atoms with Crippen LogP contribution in [0.2, 0.25) is 0 Å². The Bertz CT molecular complexity index is 149. The summed E-state index contributed by atoms with van der Waals surface area (Å²) in [4.78, 5) is 0. The molecule has 2 nitrogen and oxygen atoms in total. The van der Waals surface area contributed by atoms with Crippen LogP contribution in [-0.4, -0.2) is 31.1 Å². The largest absolute Gasteiger partial charge is 0.313 e. The van der Waals surface area contributed by atoms with E-state index in [2.05, 4.69) is 10.6 Å². The van der Waals surface area contributed by atoms with E-state index in [1.807, 2.05) is 0 Å². The number of hydrogen-bond acceptors (Lipinski definition) is 2. The summed E-state index contributed by atoms with van der Waals surface area (Å²) in [7, 11) is 0. The molecule has 2 aliphatic rings. The molecule has 10 heavy (non-hydrogen) atoms. The van der Waals surface area contributed by atoms with E-state index < -0.39 is 12.0 Å². The summed E-state index contributed by atoms with van der Waals surface area (Å²) < 4.78 is 25.6. The quantitative estimate of drug-likeness (QED) is 0.503. The summed E-state index contributed by atoms with van der Waals surface area (Å²) >= 11 is 0. The first-order valence-corrected chi connectivity index (χ1v) is 3.53. The maximum atomic E-state index is 12.8. The number of halogens is 2.